The molecule has 1 atom stereocenters. The van der Waals surface area contributed by atoms with Gasteiger partial charge >= 0.3 is 0 Å². The predicted molar refractivity (Wildman–Crippen MR) is 132 cm³/mol. The van der Waals surface area contributed by atoms with Crippen LogP contribution in [0.5, 0.6) is 5.75 Å². The summed E-state index contributed by atoms with van der Waals surface area (Å²) in [6, 6.07) is 11.5. The lowest BCUT2D eigenvalue weighted by molar-refractivity contribution is -0.384. The molecular formula is C26H29N3O7. The second-order valence-corrected chi connectivity index (χ2v) is 8.61. The van der Waals surface area contributed by atoms with Gasteiger partial charge in [-0.05, 0) is 31.0 Å². The topological polar surface area (TPSA) is 122 Å². The van der Waals surface area contributed by atoms with E-state index in [1.54, 1.807) is 30.3 Å². The molecule has 190 valence electrons. The molecule has 0 aliphatic carbocycles. The number of nitrogens with zero attached hydrogens (tertiary/aromatic N) is 3. The van der Waals surface area contributed by atoms with Gasteiger partial charge in [0.1, 0.15) is 11.5 Å². The maximum Gasteiger partial charge on any atom is 0.295 e. The zero-order valence-corrected chi connectivity index (χ0v) is 20.1. The van der Waals surface area contributed by atoms with Gasteiger partial charge in [-0.25, -0.2) is 0 Å². The number of amides is 1. The van der Waals surface area contributed by atoms with Crippen LogP contribution in [0, 0.1) is 10.1 Å². The maximum absolute atomic E-state index is 13.2. The molecule has 10 heteroatoms. The van der Waals surface area contributed by atoms with Crippen molar-refractivity contribution >= 4 is 23.1 Å². The molecule has 0 radical (unpaired) electrons. The number of ketones is 1. The highest BCUT2D eigenvalue weighted by Gasteiger charge is 2.46. The van der Waals surface area contributed by atoms with Gasteiger partial charge in [-0.2, -0.15) is 0 Å². The number of morpholine rings is 1. The van der Waals surface area contributed by atoms with Crippen LogP contribution < -0.4 is 4.74 Å². The van der Waals surface area contributed by atoms with Crippen molar-refractivity contribution in [3.8, 4) is 5.75 Å². The molecule has 1 N–H and O–H groups in total. The van der Waals surface area contributed by atoms with Crippen LogP contribution in [0.1, 0.15) is 30.5 Å². The van der Waals surface area contributed by atoms with Crippen molar-refractivity contribution in [3.63, 3.8) is 0 Å². The first-order chi connectivity index (χ1) is 17.4. The maximum atomic E-state index is 13.2. The lowest BCUT2D eigenvalue weighted by Crippen LogP contribution is -2.39. The summed E-state index contributed by atoms with van der Waals surface area (Å²) >= 11 is 0. The molecule has 2 fully saturated rings. The fourth-order valence-electron chi connectivity index (χ4n) is 4.61. The zero-order chi connectivity index (χ0) is 25.7. The average Bonchev–Trinajstić information content (AvgIpc) is 3.14. The minimum Gasteiger partial charge on any atom is -0.507 e. The summed E-state index contributed by atoms with van der Waals surface area (Å²) in [6.45, 7) is 6.11. The van der Waals surface area contributed by atoms with Crippen LogP contribution in [0.15, 0.2) is 54.1 Å². The van der Waals surface area contributed by atoms with E-state index in [1.807, 2.05) is 6.92 Å². The zero-order valence-electron chi connectivity index (χ0n) is 20.1. The van der Waals surface area contributed by atoms with Gasteiger partial charge in [0.2, 0.25) is 0 Å². The van der Waals surface area contributed by atoms with E-state index in [4.69, 9.17) is 9.47 Å². The molecule has 2 aromatic rings. The van der Waals surface area contributed by atoms with Crippen molar-refractivity contribution in [1.29, 1.82) is 0 Å². The SMILES string of the molecule is CCOc1cccc(/C(O)=C2\C(=O)C(=O)N(CCCN3CCOCC3)C2c2cccc([N+](=O)[O-])c2)c1. The molecule has 2 heterocycles. The van der Waals surface area contributed by atoms with E-state index >= 15 is 0 Å². The van der Waals surface area contributed by atoms with Crippen molar-refractivity contribution in [2.24, 2.45) is 0 Å². The van der Waals surface area contributed by atoms with Crippen molar-refractivity contribution in [3.05, 3.63) is 75.3 Å². The van der Waals surface area contributed by atoms with Crippen molar-refractivity contribution in [2.45, 2.75) is 19.4 Å². The number of rotatable bonds is 9. The predicted octanol–water partition coefficient (Wildman–Crippen LogP) is 3.14. The average molecular weight is 496 g/mol. The van der Waals surface area contributed by atoms with Crippen LogP contribution >= 0.6 is 0 Å². The number of hydrogen-bond donors (Lipinski definition) is 1. The summed E-state index contributed by atoms with van der Waals surface area (Å²) in [7, 11) is 0. The van der Waals surface area contributed by atoms with E-state index in [9.17, 15) is 24.8 Å². The third-order valence-electron chi connectivity index (χ3n) is 6.33. The van der Waals surface area contributed by atoms with E-state index in [1.165, 1.54) is 23.1 Å². The molecule has 1 amide bonds. The Hall–Kier alpha value is -3.76. The molecule has 4 rings (SSSR count). The van der Waals surface area contributed by atoms with Gasteiger partial charge < -0.3 is 19.5 Å². The third kappa shape index (κ3) is 5.39. The third-order valence-corrected chi connectivity index (χ3v) is 6.33. The molecule has 1 unspecified atom stereocenters. The Labute approximate surface area is 208 Å². The van der Waals surface area contributed by atoms with Crippen LogP contribution in [0.3, 0.4) is 0 Å². The highest BCUT2D eigenvalue weighted by Crippen LogP contribution is 2.40. The Morgan fingerprint density at radius 1 is 1.14 bits per heavy atom. The Morgan fingerprint density at radius 2 is 1.89 bits per heavy atom. The van der Waals surface area contributed by atoms with Crippen LogP contribution in [0.2, 0.25) is 0 Å². The molecule has 2 aromatic carbocycles. The molecule has 2 saturated heterocycles. The number of hydrogen-bond acceptors (Lipinski definition) is 8. The monoisotopic (exact) mass is 495 g/mol. The number of non-ortho nitro benzene ring substituents is 1. The summed E-state index contributed by atoms with van der Waals surface area (Å²) < 4.78 is 10.9. The Morgan fingerprint density at radius 3 is 2.61 bits per heavy atom. The number of benzene rings is 2. The van der Waals surface area contributed by atoms with Gasteiger partial charge in [0.25, 0.3) is 17.4 Å². The normalized spacial score (nSPS) is 20.0. The second kappa shape index (κ2) is 11.3. The number of carbonyl (C=O) groups excluding carboxylic acids is 2. The van der Waals surface area contributed by atoms with Crippen LogP contribution in [0.4, 0.5) is 5.69 Å². The number of nitro benzene ring substituents is 1. The largest absolute Gasteiger partial charge is 0.507 e. The molecule has 2 aliphatic heterocycles. The summed E-state index contributed by atoms with van der Waals surface area (Å²) in [5.41, 5.74) is 0.449. The fourth-order valence-corrected chi connectivity index (χ4v) is 4.61. The highest BCUT2D eigenvalue weighted by molar-refractivity contribution is 6.46. The summed E-state index contributed by atoms with van der Waals surface area (Å²) in [5.74, 6) is -1.40. The first kappa shape index (κ1) is 25.3. The van der Waals surface area contributed by atoms with E-state index in [-0.39, 0.29) is 23.6 Å². The van der Waals surface area contributed by atoms with Crippen molar-refractivity contribution in [1.82, 2.24) is 9.80 Å². The van der Waals surface area contributed by atoms with Gasteiger partial charge in [0.15, 0.2) is 0 Å². The summed E-state index contributed by atoms with van der Waals surface area (Å²) in [5, 5.41) is 22.7. The fraction of sp³-hybridized carbons (Fsp3) is 0.385. The Balaban J connectivity index is 1.72. The molecule has 0 bridgehead atoms. The smallest absolute Gasteiger partial charge is 0.295 e. The standard InChI is InChI=1S/C26H29N3O7/c1-2-36-21-9-4-7-19(17-21)24(30)22-23(18-6-3-8-20(16-18)29(33)34)28(26(32)25(22)31)11-5-10-27-12-14-35-15-13-27/h3-4,6-9,16-17,23,30H,2,5,10-15H2,1H3/b24-22+. The minimum absolute atomic E-state index is 0.0967. The van der Waals surface area contributed by atoms with Crippen molar-refractivity contribution in [2.75, 3.05) is 46.0 Å². The van der Waals surface area contributed by atoms with Crippen LogP contribution in [-0.2, 0) is 14.3 Å². The quantitative estimate of drug-likeness (QED) is 0.185. The molecule has 0 saturated carbocycles. The summed E-state index contributed by atoms with van der Waals surface area (Å²) in [6.07, 6.45) is 0.596. The first-order valence-electron chi connectivity index (χ1n) is 12.0. The molecule has 0 aromatic heterocycles. The molecule has 36 heavy (non-hydrogen) atoms. The lowest BCUT2D eigenvalue weighted by Gasteiger charge is -2.29. The van der Waals surface area contributed by atoms with Crippen molar-refractivity contribution < 1.29 is 29.1 Å². The molecule has 10 nitrogen and oxygen atoms in total. The van der Waals surface area contributed by atoms with Gasteiger partial charge in [0, 0.05) is 43.9 Å². The number of likely N-dealkylation sites (tertiary alicyclic amines) is 1. The van der Waals surface area contributed by atoms with Gasteiger partial charge in [-0.15, -0.1) is 0 Å². The van der Waals surface area contributed by atoms with Gasteiger partial charge in [0.05, 0.1) is 36.4 Å². The number of ether oxygens (including phenoxy) is 2. The van der Waals surface area contributed by atoms with Crippen LogP contribution in [0.25, 0.3) is 5.76 Å². The molecule has 0 spiro atoms. The minimum atomic E-state index is -0.953. The van der Waals surface area contributed by atoms with E-state index < -0.39 is 22.7 Å². The summed E-state index contributed by atoms with van der Waals surface area (Å²) in [4.78, 5) is 40.9. The Bertz CT molecular complexity index is 1170. The number of nitro groups is 1. The second-order valence-electron chi connectivity index (χ2n) is 8.61. The number of carbonyl (C=O) groups is 2. The van der Waals surface area contributed by atoms with E-state index in [0.29, 0.717) is 49.7 Å². The first-order valence-corrected chi connectivity index (χ1v) is 12.0. The Kier molecular flexibility index (Phi) is 7.97. The lowest BCUT2D eigenvalue weighted by atomic mass is 9.95. The molecule has 2 aliphatic rings. The number of aliphatic hydroxyl groups excluding tert-OH is 1. The molecular weight excluding hydrogens is 466 g/mol. The highest BCUT2D eigenvalue weighted by atomic mass is 16.6. The van der Waals surface area contributed by atoms with Gasteiger partial charge in [-0.3, -0.25) is 24.6 Å². The number of Topliss-reactive ketones (excluding diaryl/α,β-unsaturated/α-hetero) is 1. The number of aliphatic hydroxyl groups is 1. The van der Waals surface area contributed by atoms with Crippen LogP contribution in [-0.4, -0.2) is 77.5 Å². The van der Waals surface area contributed by atoms with E-state index in [2.05, 4.69) is 4.90 Å². The van der Waals surface area contributed by atoms with E-state index in [0.717, 1.165) is 13.1 Å². The van der Waals surface area contributed by atoms with Gasteiger partial charge in [-0.1, -0.05) is 24.3 Å².